The van der Waals surface area contributed by atoms with E-state index in [1.807, 2.05) is 30.3 Å². The first-order chi connectivity index (χ1) is 18.3. The molecule has 1 atom stereocenters. The summed E-state index contributed by atoms with van der Waals surface area (Å²) < 4.78 is 54.4. The summed E-state index contributed by atoms with van der Waals surface area (Å²) in [6.07, 6.45) is 1.04. The predicted molar refractivity (Wildman–Crippen MR) is 150 cm³/mol. The SMILES string of the molecule is CC(C)NC(=O)[C@@H](Cc1ccccc1)N(Cc1ccc(Br)cc1)C(=O)CN(c1ccc(F)c(F)c1)S(C)(=O)=O. The molecule has 3 rings (SSSR count). The number of carbonyl (C=O) groups is 2. The van der Waals surface area contributed by atoms with Crippen LogP contribution >= 0.6 is 15.9 Å². The maximum atomic E-state index is 14.0. The molecule has 11 heteroatoms. The lowest BCUT2D eigenvalue weighted by molar-refractivity contribution is -0.140. The predicted octanol–water partition coefficient (Wildman–Crippen LogP) is 4.66. The van der Waals surface area contributed by atoms with Crippen LogP contribution in [0.1, 0.15) is 25.0 Å². The first kappa shape index (κ1) is 30.2. The van der Waals surface area contributed by atoms with Crippen molar-refractivity contribution in [3.63, 3.8) is 0 Å². The first-order valence-corrected chi connectivity index (χ1v) is 14.8. The topological polar surface area (TPSA) is 86.8 Å². The number of anilines is 1. The fourth-order valence-corrected chi connectivity index (χ4v) is 5.08. The monoisotopic (exact) mass is 621 g/mol. The average molecular weight is 623 g/mol. The highest BCUT2D eigenvalue weighted by molar-refractivity contribution is 9.10. The van der Waals surface area contributed by atoms with Crippen molar-refractivity contribution in [2.75, 3.05) is 17.1 Å². The smallest absolute Gasteiger partial charge is 0.244 e. The van der Waals surface area contributed by atoms with Crippen LogP contribution in [0.3, 0.4) is 0 Å². The quantitative estimate of drug-likeness (QED) is 0.337. The maximum absolute atomic E-state index is 14.0. The van der Waals surface area contributed by atoms with E-state index in [0.29, 0.717) is 9.87 Å². The molecule has 3 aromatic carbocycles. The van der Waals surface area contributed by atoms with Gasteiger partial charge in [0.15, 0.2) is 11.6 Å². The van der Waals surface area contributed by atoms with Gasteiger partial charge >= 0.3 is 0 Å². The summed E-state index contributed by atoms with van der Waals surface area (Å²) in [7, 11) is -4.09. The Labute approximate surface area is 236 Å². The Kier molecular flexibility index (Phi) is 10.2. The molecule has 2 amide bonds. The first-order valence-electron chi connectivity index (χ1n) is 12.2. The molecule has 0 unspecified atom stereocenters. The van der Waals surface area contributed by atoms with Crippen LogP contribution in [-0.2, 0) is 32.6 Å². The van der Waals surface area contributed by atoms with E-state index < -0.39 is 46.1 Å². The van der Waals surface area contributed by atoms with E-state index in [9.17, 15) is 26.8 Å². The zero-order valence-electron chi connectivity index (χ0n) is 21.8. The van der Waals surface area contributed by atoms with Gasteiger partial charge in [-0.25, -0.2) is 17.2 Å². The van der Waals surface area contributed by atoms with Crippen molar-refractivity contribution in [1.82, 2.24) is 10.2 Å². The highest BCUT2D eigenvalue weighted by atomic mass is 79.9. The van der Waals surface area contributed by atoms with Gasteiger partial charge in [0.05, 0.1) is 11.9 Å². The molecule has 0 aliphatic rings. The van der Waals surface area contributed by atoms with Crippen molar-refractivity contribution < 1.29 is 26.8 Å². The minimum absolute atomic E-state index is 0.00447. The molecule has 3 aromatic rings. The van der Waals surface area contributed by atoms with E-state index in [1.54, 1.807) is 38.1 Å². The molecule has 1 N–H and O–H groups in total. The molecule has 39 heavy (non-hydrogen) atoms. The Morgan fingerprint density at radius 2 is 1.56 bits per heavy atom. The molecule has 208 valence electrons. The van der Waals surface area contributed by atoms with Gasteiger partial charge in [-0.15, -0.1) is 0 Å². The number of halogens is 3. The Balaban J connectivity index is 2.06. The van der Waals surface area contributed by atoms with E-state index >= 15 is 0 Å². The van der Waals surface area contributed by atoms with Gasteiger partial charge in [0.2, 0.25) is 21.8 Å². The minimum atomic E-state index is -4.09. The van der Waals surface area contributed by atoms with Gasteiger partial charge in [-0.2, -0.15) is 0 Å². The highest BCUT2D eigenvalue weighted by Gasteiger charge is 2.33. The van der Waals surface area contributed by atoms with Crippen LogP contribution in [0.5, 0.6) is 0 Å². The Morgan fingerprint density at radius 1 is 0.923 bits per heavy atom. The zero-order valence-corrected chi connectivity index (χ0v) is 24.2. The van der Waals surface area contributed by atoms with E-state index in [0.717, 1.165) is 34.5 Å². The van der Waals surface area contributed by atoms with Crippen LogP contribution in [0, 0.1) is 11.6 Å². The Hall–Kier alpha value is -3.31. The van der Waals surface area contributed by atoms with Crippen molar-refractivity contribution in [2.24, 2.45) is 0 Å². The fraction of sp³-hybridized carbons (Fsp3) is 0.286. The van der Waals surface area contributed by atoms with Crippen molar-refractivity contribution in [3.8, 4) is 0 Å². The summed E-state index contributed by atoms with van der Waals surface area (Å²) in [5.41, 5.74) is 1.30. The number of carbonyl (C=O) groups excluding carboxylic acids is 2. The second-order valence-corrected chi connectivity index (χ2v) is 12.2. The van der Waals surface area contributed by atoms with Gasteiger partial charge in [0, 0.05) is 29.5 Å². The summed E-state index contributed by atoms with van der Waals surface area (Å²) in [6.45, 7) is 2.88. The second-order valence-electron chi connectivity index (χ2n) is 9.38. The lowest BCUT2D eigenvalue weighted by atomic mass is 10.0. The number of nitrogens with one attached hydrogen (secondary N) is 1. The van der Waals surface area contributed by atoms with E-state index in [4.69, 9.17) is 0 Å². The molecule has 0 spiro atoms. The Morgan fingerprint density at radius 3 is 2.13 bits per heavy atom. The fourth-order valence-electron chi connectivity index (χ4n) is 3.98. The van der Waals surface area contributed by atoms with E-state index in [1.165, 1.54) is 4.90 Å². The van der Waals surface area contributed by atoms with Crippen molar-refractivity contribution >= 4 is 43.5 Å². The van der Waals surface area contributed by atoms with Gasteiger partial charge < -0.3 is 10.2 Å². The summed E-state index contributed by atoms with van der Waals surface area (Å²) in [5, 5.41) is 2.86. The molecule has 7 nitrogen and oxygen atoms in total. The summed E-state index contributed by atoms with van der Waals surface area (Å²) >= 11 is 3.38. The number of hydrogen-bond acceptors (Lipinski definition) is 4. The normalized spacial score (nSPS) is 12.2. The van der Waals surface area contributed by atoms with Crippen LogP contribution in [0.15, 0.2) is 77.3 Å². The van der Waals surface area contributed by atoms with Crippen LogP contribution < -0.4 is 9.62 Å². The third-order valence-electron chi connectivity index (χ3n) is 5.84. The third-order valence-corrected chi connectivity index (χ3v) is 7.51. The summed E-state index contributed by atoms with van der Waals surface area (Å²) in [5.74, 6) is -3.49. The van der Waals surface area contributed by atoms with Crippen molar-refractivity contribution in [2.45, 2.75) is 38.9 Å². The van der Waals surface area contributed by atoms with E-state index in [2.05, 4.69) is 21.2 Å². The van der Waals surface area contributed by atoms with Gasteiger partial charge in [-0.1, -0.05) is 58.4 Å². The molecule has 0 aliphatic carbocycles. The molecule has 0 bridgehead atoms. The van der Waals surface area contributed by atoms with Gasteiger partial charge in [0.1, 0.15) is 12.6 Å². The number of hydrogen-bond donors (Lipinski definition) is 1. The number of rotatable bonds is 11. The average Bonchev–Trinajstić information content (AvgIpc) is 2.87. The van der Waals surface area contributed by atoms with Gasteiger partial charge in [0.25, 0.3) is 0 Å². The summed E-state index contributed by atoms with van der Waals surface area (Å²) in [4.78, 5) is 28.7. The summed E-state index contributed by atoms with van der Waals surface area (Å²) in [6, 6.07) is 17.7. The van der Waals surface area contributed by atoms with Gasteiger partial charge in [-0.05, 0) is 49.2 Å². The molecule has 0 radical (unpaired) electrons. The van der Waals surface area contributed by atoms with Crippen LogP contribution in [-0.4, -0.2) is 50.0 Å². The van der Waals surface area contributed by atoms with E-state index in [-0.39, 0.29) is 24.7 Å². The Bertz CT molecular complexity index is 1400. The molecule has 0 fully saturated rings. The van der Waals surface area contributed by atoms with Crippen LogP contribution in [0.2, 0.25) is 0 Å². The van der Waals surface area contributed by atoms with Crippen LogP contribution in [0.25, 0.3) is 0 Å². The number of sulfonamides is 1. The second kappa shape index (κ2) is 13.2. The molecular formula is C28H30BrF2N3O4S. The minimum Gasteiger partial charge on any atom is -0.352 e. The van der Waals surface area contributed by atoms with Crippen molar-refractivity contribution in [3.05, 3.63) is 100 Å². The standard InChI is InChI=1S/C28H30BrF2N3O4S/c1-19(2)32-28(36)26(15-20-7-5-4-6-8-20)33(17-21-9-11-22(29)12-10-21)27(35)18-34(39(3,37)38)23-13-14-24(30)25(31)16-23/h4-14,16,19,26H,15,17-18H2,1-3H3,(H,32,36)/t26-/m1/s1. The maximum Gasteiger partial charge on any atom is 0.244 e. The third kappa shape index (κ3) is 8.59. The molecule has 0 aliphatic heterocycles. The largest absolute Gasteiger partial charge is 0.352 e. The van der Waals surface area contributed by atoms with Crippen molar-refractivity contribution in [1.29, 1.82) is 0 Å². The molecule has 0 heterocycles. The molecule has 0 saturated heterocycles. The lowest BCUT2D eigenvalue weighted by Gasteiger charge is -2.34. The zero-order chi connectivity index (χ0) is 28.7. The lowest BCUT2D eigenvalue weighted by Crippen LogP contribution is -2.54. The highest BCUT2D eigenvalue weighted by Crippen LogP contribution is 2.23. The molecule has 0 saturated carbocycles. The number of nitrogens with zero attached hydrogens (tertiary/aromatic N) is 2. The molecular weight excluding hydrogens is 592 g/mol. The van der Waals surface area contributed by atoms with Crippen LogP contribution in [0.4, 0.5) is 14.5 Å². The number of amides is 2. The number of benzene rings is 3. The van der Waals surface area contributed by atoms with Gasteiger partial charge in [-0.3, -0.25) is 13.9 Å². The molecule has 0 aromatic heterocycles.